The third kappa shape index (κ3) is 3.03. The van der Waals surface area contributed by atoms with Gasteiger partial charge < -0.3 is 15.0 Å². The van der Waals surface area contributed by atoms with Gasteiger partial charge in [0.05, 0.1) is 23.5 Å². The van der Waals surface area contributed by atoms with Gasteiger partial charge in [-0.1, -0.05) is 18.2 Å². The van der Waals surface area contributed by atoms with E-state index in [0.717, 1.165) is 46.9 Å². The van der Waals surface area contributed by atoms with Crippen LogP contribution < -0.4 is 5.32 Å². The van der Waals surface area contributed by atoms with Gasteiger partial charge in [-0.25, -0.2) is 0 Å². The number of pyridine rings is 1. The molecule has 0 radical (unpaired) electrons. The summed E-state index contributed by atoms with van der Waals surface area (Å²) < 4.78 is 5.49. The molecule has 1 aliphatic heterocycles. The first-order valence-corrected chi connectivity index (χ1v) is 8.23. The van der Waals surface area contributed by atoms with E-state index in [1.807, 2.05) is 24.3 Å². The van der Waals surface area contributed by atoms with E-state index in [2.05, 4.69) is 21.4 Å². The van der Waals surface area contributed by atoms with Crippen molar-refractivity contribution in [2.75, 3.05) is 13.2 Å². The Kier molecular flexibility index (Phi) is 4.01. The van der Waals surface area contributed by atoms with Crippen LogP contribution in [0.5, 0.6) is 0 Å². The summed E-state index contributed by atoms with van der Waals surface area (Å²) in [5.74, 6) is -0.119. The molecule has 122 valence electrons. The highest BCUT2D eigenvalue weighted by molar-refractivity contribution is 6.07. The summed E-state index contributed by atoms with van der Waals surface area (Å²) in [4.78, 5) is 19.6. The lowest BCUT2D eigenvalue weighted by atomic mass is 10.1. The molecular weight excluding hydrogens is 302 g/mol. The molecule has 0 aliphatic carbocycles. The monoisotopic (exact) mass is 321 g/mol. The van der Waals surface area contributed by atoms with Crippen LogP contribution in [0, 0.1) is 0 Å². The number of hydrogen-bond acceptors (Lipinski definition) is 3. The van der Waals surface area contributed by atoms with Crippen LogP contribution in [0.25, 0.3) is 27.9 Å². The number of carbonyl (C=O) groups is 1. The smallest absolute Gasteiger partial charge is 0.244 e. The molecule has 1 saturated heterocycles. The summed E-state index contributed by atoms with van der Waals surface area (Å²) in [7, 11) is 0. The number of aromatic nitrogens is 2. The first kappa shape index (κ1) is 14.9. The molecule has 1 unspecified atom stereocenters. The van der Waals surface area contributed by atoms with Gasteiger partial charge in [-0.05, 0) is 31.1 Å². The van der Waals surface area contributed by atoms with Crippen molar-refractivity contribution in [1.82, 2.24) is 15.3 Å². The van der Waals surface area contributed by atoms with Crippen molar-refractivity contribution in [2.45, 2.75) is 18.9 Å². The Morgan fingerprint density at radius 3 is 3.12 bits per heavy atom. The van der Waals surface area contributed by atoms with Crippen LogP contribution in [-0.2, 0) is 9.53 Å². The molecule has 3 heterocycles. The van der Waals surface area contributed by atoms with Gasteiger partial charge in [-0.2, -0.15) is 0 Å². The molecule has 24 heavy (non-hydrogen) atoms. The molecule has 3 aromatic rings. The highest BCUT2D eigenvalue weighted by Crippen LogP contribution is 2.25. The lowest BCUT2D eigenvalue weighted by molar-refractivity contribution is -0.116. The zero-order chi connectivity index (χ0) is 16.4. The molecule has 4 rings (SSSR count). The predicted molar refractivity (Wildman–Crippen MR) is 94.6 cm³/mol. The molecule has 0 bridgehead atoms. The number of ether oxygens (including phenoxy) is 1. The lowest BCUT2D eigenvalue weighted by Crippen LogP contribution is -2.30. The second-order valence-corrected chi connectivity index (χ2v) is 6.04. The number of fused-ring (bicyclic) bond motifs is 3. The summed E-state index contributed by atoms with van der Waals surface area (Å²) in [6.07, 6.45) is 7.32. The van der Waals surface area contributed by atoms with Gasteiger partial charge in [0, 0.05) is 35.5 Å². The van der Waals surface area contributed by atoms with Crippen molar-refractivity contribution in [3.8, 4) is 0 Å². The second-order valence-electron chi connectivity index (χ2n) is 6.04. The van der Waals surface area contributed by atoms with Crippen molar-refractivity contribution >= 4 is 33.8 Å². The SMILES string of the molecule is O=C(/C=C/c1cc2c(cn1)[nH]c1ccccc12)NCC1CCCO1. The summed E-state index contributed by atoms with van der Waals surface area (Å²) in [5.41, 5.74) is 2.85. The lowest BCUT2D eigenvalue weighted by Gasteiger charge is -2.08. The highest BCUT2D eigenvalue weighted by Gasteiger charge is 2.15. The number of aromatic amines is 1. The molecule has 5 nitrogen and oxygen atoms in total. The fourth-order valence-corrected chi connectivity index (χ4v) is 3.10. The van der Waals surface area contributed by atoms with E-state index in [1.165, 1.54) is 6.08 Å². The molecule has 1 aromatic carbocycles. The van der Waals surface area contributed by atoms with Gasteiger partial charge in [0.25, 0.3) is 0 Å². The van der Waals surface area contributed by atoms with E-state index in [0.29, 0.717) is 6.54 Å². The summed E-state index contributed by atoms with van der Waals surface area (Å²) >= 11 is 0. The van der Waals surface area contributed by atoms with Crippen molar-refractivity contribution in [2.24, 2.45) is 0 Å². The number of amides is 1. The van der Waals surface area contributed by atoms with E-state index in [-0.39, 0.29) is 12.0 Å². The molecule has 0 spiro atoms. The van der Waals surface area contributed by atoms with Gasteiger partial charge >= 0.3 is 0 Å². The molecule has 1 fully saturated rings. The first-order valence-electron chi connectivity index (χ1n) is 8.23. The zero-order valence-corrected chi connectivity index (χ0v) is 13.3. The van der Waals surface area contributed by atoms with Crippen molar-refractivity contribution < 1.29 is 9.53 Å². The highest BCUT2D eigenvalue weighted by atomic mass is 16.5. The van der Waals surface area contributed by atoms with Crippen LogP contribution in [0.1, 0.15) is 18.5 Å². The van der Waals surface area contributed by atoms with Crippen LogP contribution >= 0.6 is 0 Å². The van der Waals surface area contributed by atoms with Gasteiger partial charge in [0.15, 0.2) is 0 Å². The van der Waals surface area contributed by atoms with E-state index in [9.17, 15) is 4.79 Å². The Bertz CT molecular complexity index is 907. The van der Waals surface area contributed by atoms with Crippen molar-refractivity contribution in [3.63, 3.8) is 0 Å². The third-order valence-corrected chi connectivity index (χ3v) is 4.35. The molecule has 1 amide bonds. The average Bonchev–Trinajstić information content (AvgIpc) is 3.25. The summed E-state index contributed by atoms with van der Waals surface area (Å²) in [5, 5.41) is 5.14. The Morgan fingerprint density at radius 2 is 2.25 bits per heavy atom. The van der Waals surface area contributed by atoms with Crippen LogP contribution in [-0.4, -0.2) is 35.1 Å². The maximum atomic E-state index is 11.9. The van der Waals surface area contributed by atoms with Crippen LogP contribution in [0.15, 0.2) is 42.6 Å². The quantitative estimate of drug-likeness (QED) is 0.726. The van der Waals surface area contributed by atoms with Crippen LogP contribution in [0.2, 0.25) is 0 Å². The first-order chi connectivity index (χ1) is 11.8. The Morgan fingerprint density at radius 1 is 1.33 bits per heavy atom. The number of rotatable bonds is 4. The molecule has 1 aliphatic rings. The number of nitrogens with zero attached hydrogens (tertiary/aromatic N) is 1. The van der Waals surface area contributed by atoms with E-state index < -0.39 is 0 Å². The van der Waals surface area contributed by atoms with Crippen LogP contribution in [0.4, 0.5) is 0 Å². The fourth-order valence-electron chi connectivity index (χ4n) is 3.10. The Hall–Kier alpha value is -2.66. The molecule has 0 saturated carbocycles. The second kappa shape index (κ2) is 6.45. The summed E-state index contributed by atoms with van der Waals surface area (Å²) in [6, 6.07) is 10.1. The molecule has 5 heteroatoms. The van der Waals surface area contributed by atoms with E-state index >= 15 is 0 Å². The van der Waals surface area contributed by atoms with E-state index in [4.69, 9.17) is 4.74 Å². The molecular formula is C19H19N3O2. The predicted octanol–water partition coefficient (Wildman–Crippen LogP) is 3.02. The maximum absolute atomic E-state index is 11.9. The van der Waals surface area contributed by atoms with E-state index in [1.54, 1.807) is 12.3 Å². The standard InChI is InChI=1S/C19H19N3O2/c23-19(21-11-14-4-3-9-24-14)8-7-13-10-16-15-5-1-2-6-17(15)22-18(16)12-20-13/h1-2,5-8,10,12,14,22H,3-4,9,11H2,(H,21,23)/b8-7+. The Balaban J connectivity index is 1.49. The largest absolute Gasteiger partial charge is 0.376 e. The number of para-hydroxylation sites is 1. The number of hydrogen-bond donors (Lipinski definition) is 2. The molecule has 1 atom stereocenters. The third-order valence-electron chi connectivity index (χ3n) is 4.35. The minimum absolute atomic E-state index is 0.119. The van der Waals surface area contributed by atoms with Gasteiger partial charge in [-0.3, -0.25) is 9.78 Å². The van der Waals surface area contributed by atoms with Crippen molar-refractivity contribution in [1.29, 1.82) is 0 Å². The number of nitrogens with one attached hydrogen (secondary N) is 2. The summed E-state index contributed by atoms with van der Waals surface area (Å²) in [6.45, 7) is 1.36. The molecule has 2 N–H and O–H groups in total. The average molecular weight is 321 g/mol. The number of benzene rings is 1. The topological polar surface area (TPSA) is 67.0 Å². The minimum Gasteiger partial charge on any atom is -0.376 e. The van der Waals surface area contributed by atoms with Crippen LogP contribution in [0.3, 0.4) is 0 Å². The fraction of sp³-hybridized carbons (Fsp3) is 0.263. The number of H-pyrrole nitrogens is 1. The van der Waals surface area contributed by atoms with Crippen molar-refractivity contribution in [3.05, 3.63) is 48.3 Å². The Labute approximate surface area is 139 Å². The van der Waals surface area contributed by atoms with Gasteiger partial charge in [0.2, 0.25) is 5.91 Å². The molecule has 2 aromatic heterocycles. The van der Waals surface area contributed by atoms with Gasteiger partial charge in [0.1, 0.15) is 0 Å². The zero-order valence-electron chi connectivity index (χ0n) is 13.3. The number of carbonyl (C=O) groups excluding carboxylic acids is 1. The van der Waals surface area contributed by atoms with Gasteiger partial charge in [-0.15, -0.1) is 0 Å². The normalized spacial score (nSPS) is 17.9. The minimum atomic E-state index is -0.119. The maximum Gasteiger partial charge on any atom is 0.244 e.